The molecule has 0 saturated carbocycles. The van der Waals surface area contributed by atoms with E-state index >= 15 is 0 Å². The molecule has 2 aromatic heterocycles. The van der Waals surface area contributed by atoms with Crippen molar-refractivity contribution in [3.63, 3.8) is 0 Å². The van der Waals surface area contributed by atoms with Gasteiger partial charge < -0.3 is 9.47 Å². The van der Waals surface area contributed by atoms with E-state index in [2.05, 4.69) is 15.0 Å². The Morgan fingerprint density at radius 1 is 1.12 bits per heavy atom. The fraction of sp³-hybridized carbons (Fsp3) is 0.478. The van der Waals surface area contributed by atoms with Gasteiger partial charge >= 0.3 is 6.18 Å². The highest BCUT2D eigenvalue weighted by atomic mass is 19.4. The number of hydrogen-bond donors (Lipinski definition) is 0. The van der Waals surface area contributed by atoms with E-state index in [4.69, 9.17) is 9.47 Å². The second-order valence-electron chi connectivity index (χ2n) is 7.96. The van der Waals surface area contributed by atoms with Crippen LogP contribution in [0.15, 0.2) is 30.3 Å². The first-order valence-electron chi connectivity index (χ1n) is 10.8. The van der Waals surface area contributed by atoms with Crippen LogP contribution in [0.4, 0.5) is 13.2 Å². The Bertz CT molecular complexity index is 1100. The van der Waals surface area contributed by atoms with Crippen LogP contribution in [0.5, 0.6) is 11.5 Å². The maximum absolute atomic E-state index is 13.5. The van der Waals surface area contributed by atoms with E-state index in [1.54, 1.807) is 20.1 Å². The van der Waals surface area contributed by atoms with Gasteiger partial charge in [-0.05, 0) is 50.1 Å². The van der Waals surface area contributed by atoms with Crippen molar-refractivity contribution in [3.05, 3.63) is 53.0 Å². The largest absolute Gasteiger partial charge is 0.493 e. The molecule has 32 heavy (non-hydrogen) atoms. The van der Waals surface area contributed by atoms with Gasteiger partial charge in [-0.3, -0.25) is 4.90 Å². The molecule has 0 unspecified atom stereocenters. The maximum Gasteiger partial charge on any atom is 0.433 e. The molecule has 1 aliphatic rings. The molecule has 1 saturated heterocycles. The third-order valence-electron chi connectivity index (χ3n) is 5.78. The van der Waals surface area contributed by atoms with Crippen molar-refractivity contribution >= 4 is 5.65 Å². The van der Waals surface area contributed by atoms with Gasteiger partial charge in [0, 0.05) is 30.8 Å². The number of fused-ring (bicyclic) bond motifs is 1. The molecule has 0 spiro atoms. The minimum atomic E-state index is -4.48. The van der Waals surface area contributed by atoms with Crippen LogP contribution in [0.3, 0.4) is 0 Å². The molecule has 1 atom stereocenters. The standard InChI is InChI=1S/C23H27F3N4O2/c1-4-17-11-21(23(24,25)26)30-22(27-17)12-18(28-30)16-8-9-29(14-16)13-15-6-7-19(32-5-2)20(10-15)31-3/h6-7,10-12,16H,4-5,8-9,13-14H2,1-3H3/t16-/m1/s1. The number of ether oxygens (including phenoxy) is 2. The Balaban J connectivity index is 1.52. The van der Waals surface area contributed by atoms with E-state index in [0.717, 1.165) is 42.2 Å². The van der Waals surface area contributed by atoms with Gasteiger partial charge in [0.25, 0.3) is 0 Å². The van der Waals surface area contributed by atoms with Crippen LogP contribution in [-0.2, 0) is 19.1 Å². The lowest BCUT2D eigenvalue weighted by Crippen LogP contribution is -2.20. The van der Waals surface area contributed by atoms with Crippen LogP contribution in [-0.4, -0.2) is 46.3 Å². The summed E-state index contributed by atoms with van der Waals surface area (Å²) in [5.74, 6) is 1.47. The highest BCUT2D eigenvalue weighted by molar-refractivity contribution is 5.44. The van der Waals surface area contributed by atoms with Crippen LogP contribution in [0.25, 0.3) is 5.65 Å². The molecule has 6 nitrogen and oxygen atoms in total. The molecule has 1 aliphatic heterocycles. The summed E-state index contributed by atoms with van der Waals surface area (Å²) in [7, 11) is 1.62. The summed E-state index contributed by atoms with van der Waals surface area (Å²) in [5, 5.41) is 4.31. The summed E-state index contributed by atoms with van der Waals surface area (Å²) in [4.78, 5) is 6.63. The number of aryl methyl sites for hydroxylation is 1. The normalized spacial score (nSPS) is 17.2. The molecule has 4 rings (SSSR count). The molecule has 1 fully saturated rings. The summed E-state index contributed by atoms with van der Waals surface area (Å²) >= 11 is 0. The molecule has 0 amide bonds. The SMILES string of the molecule is CCOc1ccc(CN2CC[C@@H](c3cc4nc(CC)cc(C(F)(F)F)n4n3)C2)cc1OC. The molecule has 0 N–H and O–H groups in total. The Kier molecular flexibility index (Phi) is 6.28. The van der Waals surface area contributed by atoms with Crippen LogP contribution >= 0.6 is 0 Å². The number of rotatable bonds is 7. The number of nitrogens with zero attached hydrogens (tertiary/aromatic N) is 4. The number of hydrogen-bond acceptors (Lipinski definition) is 5. The average molecular weight is 448 g/mol. The summed E-state index contributed by atoms with van der Waals surface area (Å²) < 4.78 is 52.6. The number of likely N-dealkylation sites (tertiary alicyclic amines) is 1. The molecule has 0 bridgehead atoms. The van der Waals surface area contributed by atoms with E-state index in [9.17, 15) is 13.2 Å². The van der Waals surface area contributed by atoms with Crippen LogP contribution in [0.2, 0.25) is 0 Å². The first-order valence-corrected chi connectivity index (χ1v) is 10.8. The van der Waals surface area contributed by atoms with Crippen molar-refractivity contribution in [3.8, 4) is 11.5 Å². The number of benzene rings is 1. The Morgan fingerprint density at radius 2 is 1.94 bits per heavy atom. The van der Waals surface area contributed by atoms with Crippen molar-refractivity contribution in [2.24, 2.45) is 0 Å². The van der Waals surface area contributed by atoms with Crippen molar-refractivity contribution < 1.29 is 22.6 Å². The number of halogens is 3. The lowest BCUT2D eigenvalue weighted by Gasteiger charge is -2.17. The third-order valence-corrected chi connectivity index (χ3v) is 5.78. The molecule has 1 aromatic carbocycles. The van der Waals surface area contributed by atoms with Crippen molar-refractivity contribution in [2.75, 3.05) is 26.8 Å². The van der Waals surface area contributed by atoms with E-state index in [0.29, 0.717) is 35.9 Å². The van der Waals surface area contributed by atoms with Crippen LogP contribution in [0, 0.1) is 0 Å². The monoisotopic (exact) mass is 448 g/mol. The zero-order valence-electron chi connectivity index (χ0n) is 18.4. The van der Waals surface area contributed by atoms with Crippen molar-refractivity contribution in [1.82, 2.24) is 19.5 Å². The zero-order chi connectivity index (χ0) is 22.9. The molecule has 0 radical (unpaired) electrons. The molecular formula is C23H27F3N4O2. The number of aromatic nitrogens is 3. The minimum Gasteiger partial charge on any atom is -0.493 e. The summed E-state index contributed by atoms with van der Waals surface area (Å²) in [6, 6.07) is 8.67. The van der Waals surface area contributed by atoms with E-state index in [1.165, 1.54) is 0 Å². The average Bonchev–Trinajstić information content (AvgIpc) is 3.40. The fourth-order valence-electron chi connectivity index (χ4n) is 4.19. The fourth-order valence-corrected chi connectivity index (χ4v) is 4.19. The van der Waals surface area contributed by atoms with Gasteiger partial charge in [-0.25, -0.2) is 9.50 Å². The van der Waals surface area contributed by atoms with E-state index in [1.807, 2.05) is 25.1 Å². The summed E-state index contributed by atoms with van der Waals surface area (Å²) in [5.41, 5.74) is 1.63. The first-order chi connectivity index (χ1) is 15.3. The maximum atomic E-state index is 13.5. The highest BCUT2D eigenvalue weighted by Gasteiger charge is 2.36. The lowest BCUT2D eigenvalue weighted by molar-refractivity contribution is -0.142. The summed E-state index contributed by atoms with van der Waals surface area (Å²) in [6.07, 6.45) is -3.22. The van der Waals surface area contributed by atoms with Crippen molar-refractivity contribution in [2.45, 2.75) is 45.3 Å². The van der Waals surface area contributed by atoms with Gasteiger partial charge in [-0.2, -0.15) is 18.3 Å². The smallest absolute Gasteiger partial charge is 0.433 e. The minimum absolute atomic E-state index is 0.0625. The molecule has 3 heterocycles. The third kappa shape index (κ3) is 4.53. The second-order valence-corrected chi connectivity index (χ2v) is 7.96. The van der Waals surface area contributed by atoms with Gasteiger partial charge in [0.05, 0.1) is 19.4 Å². The van der Waals surface area contributed by atoms with Gasteiger partial charge in [0.15, 0.2) is 17.1 Å². The van der Waals surface area contributed by atoms with Gasteiger partial charge in [0.2, 0.25) is 0 Å². The topological polar surface area (TPSA) is 51.9 Å². The Morgan fingerprint density at radius 3 is 2.62 bits per heavy atom. The molecule has 9 heteroatoms. The van der Waals surface area contributed by atoms with E-state index < -0.39 is 11.9 Å². The Hall–Kier alpha value is -2.81. The molecule has 3 aromatic rings. The van der Waals surface area contributed by atoms with Gasteiger partial charge in [-0.1, -0.05) is 13.0 Å². The van der Waals surface area contributed by atoms with Crippen LogP contribution in [0.1, 0.15) is 48.8 Å². The number of methoxy groups -OCH3 is 1. The quantitative estimate of drug-likeness (QED) is 0.524. The van der Waals surface area contributed by atoms with Crippen molar-refractivity contribution in [1.29, 1.82) is 0 Å². The van der Waals surface area contributed by atoms with Gasteiger partial charge in [-0.15, -0.1) is 0 Å². The second kappa shape index (κ2) is 8.97. The summed E-state index contributed by atoms with van der Waals surface area (Å²) in [6.45, 7) is 6.56. The predicted octanol–water partition coefficient (Wildman–Crippen LogP) is 4.71. The number of alkyl halides is 3. The molecular weight excluding hydrogens is 421 g/mol. The first kappa shape index (κ1) is 22.4. The van der Waals surface area contributed by atoms with Gasteiger partial charge in [0.1, 0.15) is 5.69 Å². The van der Waals surface area contributed by atoms with Crippen LogP contribution < -0.4 is 9.47 Å². The highest BCUT2D eigenvalue weighted by Crippen LogP contribution is 2.34. The lowest BCUT2D eigenvalue weighted by atomic mass is 10.1. The Labute approximate surface area is 185 Å². The molecule has 0 aliphatic carbocycles. The zero-order valence-corrected chi connectivity index (χ0v) is 18.4. The van der Waals surface area contributed by atoms with E-state index in [-0.39, 0.29) is 11.6 Å². The predicted molar refractivity (Wildman–Crippen MR) is 114 cm³/mol. The molecule has 172 valence electrons.